The Hall–Kier alpha value is -1.46. The molecule has 0 fully saturated rings. The van der Waals surface area contributed by atoms with Crippen LogP contribution < -0.4 is 10.1 Å². The van der Waals surface area contributed by atoms with E-state index in [0.717, 1.165) is 5.56 Å². The molecule has 0 radical (unpaired) electrons. The topological polar surface area (TPSA) is 47.0 Å². The highest BCUT2D eigenvalue weighted by Gasteiger charge is 2.08. The van der Waals surface area contributed by atoms with Gasteiger partial charge in [-0.2, -0.15) is 4.98 Å². The zero-order valence-electron chi connectivity index (χ0n) is 10.9. The van der Waals surface area contributed by atoms with E-state index < -0.39 is 0 Å². The van der Waals surface area contributed by atoms with E-state index in [0.29, 0.717) is 27.6 Å². The summed E-state index contributed by atoms with van der Waals surface area (Å²) in [5, 5.41) is 4.18. The van der Waals surface area contributed by atoms with Crippen molar-refractivity contribution >= 4 is 29.2 Å². The van der Waals surface area contributed by atoms with Gasteiger partial charge in [-0.1, -0.05) is 29.4 Å². The quantitative estimate of drug-likeness (QED) is 0.682. The molecule has 0 bridgehead atoms. The van der Waals surface area contributed by atoms with E-state index in [1.54, 1.807) is 13.1 Å². The minimum absolute atomic E-state index is 0.467. The van der Waals surface area contributed by atoms with Crippen LogP contribution in [-0.2, 0) is 0 Å². The van der Waals surface area contributed by atoms with Crippen molar-refractivity contribution in [3.8, 4) is 11.6 Å². The molecular formula is C13H14ClN3OS. The summed E-state index contributed by atoms with van der Waals surface area (Å²) < 4.78 is 5.71. The molecule has 1 N–H and O–H groups in total. The highest BCUT2D eigenvalue weighted by Crippen LogP contribution is 2.30. The summed E-state index contributed by atoms with van der Waals surface area (Å²) in [5.74, 6) is 1.76. The van der Waals surface area contributed by atoms with Gasteiger partial charge in [0.25, 0.3) is 0 Å². The second-order valence-corrected chi connectivity index (χ2v) is 5.04. The van der Waals surface area contributed by atoms with Crippen molar-refractivity contribution in [1.82, 2.24) is 9.97 Å². The SMILES string of the molecule is CNc1cc(Oc2ccc(C)cc2Cl)nc(SC)n1. The lowest BCUT2D eigenvalue weighted by atomic mass is 10.2. The first kappa shape index (κ1) is 14.0. The second-order valence-electron chi connectivity index (χ2n) is 3.86. The van der Waals surface area contributed by atoms with Crippen molar-refractivity contribution in [3.63, 3.8) is 0 Å². The van der Waals surface area contributed by atoms with Crippen LogP contribution in [0.25, 0.3) is 0 Å². The second kappa shape index (κ2) is 6.12. The predicted octanol–water partition coefficient (Wildman–Crippen LogP) is 3.99. The number of aromatic nitrogens is 2. The Morgan fingerprint density at radius 2 is 2.05 bits per heavy atom. The highest BCUT2D eigenvalue weighted by atomic mass is 35.5. The molecule has 4 nitrogen and oxygen atoms in total. The van der Waals surface area contributed by atoms with Crippen molar-refractivity contribution in [2.75, 3.05) is 18.6 Å². The van der Waals surface area contributed by atoms with Gasteiger partial charge < -0.3 is 10.1 Å². The van der Waals surface area contributed by atoms with Gasteiger partial charge in [0.1, 0.15) is 11.6 Å². The summed E-state index contributed by atoms with van der Waals surface area (Å²) >= 11 is 7.59. The lowest BCUT2D eigenvalue weighted by Crippen LogP contribution is -1.98. The van der Waals surface area contributed by atoms with Gasteiger partial charge in [0.2, 0.25) is 5.88 Å². The Kier molecular flexibility index (Phi) is 4.50. The van der Waals surface area contributed by atoms with E-state index in [4.69, 9.17) is 16.3 Å². The van der Waals surface area contributed by atoms with E-state index >= 15 is 0 Å². The molecule has 0 saturated carbocycles. The van der Waals surface area contributed by atoms with Crippen molar-refractivity contribution in [1.29, 1.82) is 0 Å². The third kappa shape index (κ3) is 3.52. The third-order valence-electron chi connectivity index (χ3n) is 2.42. The number of nitrogens with zero attached hydrogens (tertiary/aromatic N) is 2. The van der Waals surface area contributed by atoms with E-state index in [1.165, 1.54) is 11.8 Å². The van der Waals surface area contributed by atoms with Gasteiger partial charge >= 0.3 is 0 Å². The third-order valence-corrected chi connectivity index (χ3v) is 3.27. The number of aryl methyl sites for hydroxylation is 1. The van der Waals surface area contributed by atoms with Crippen LogP contribution in [0.2, 0.25) is 5.02 Å². The van der Waals surface area contributed by atoms with Crippen LogP contribution in [0.4, 0.5) is 5.82 Å². The highest BCUT2D eigenvalue weighted by molar-refractivity contribution is 7.98. The number of thioether (sulfide) groups is 1. The molecule has 100 valence electrons. The van der Waals surface area contributed by atoms with Gasteiger partial charge in [0.05, 0.1) is 5.02 Å². The Morgan fingerprint density at radius 3 is 2.68 bits per heavy atom. The maximum absolute atomic E-state index is 6.14. The van der Waals surface area contributed by atoms with E-state index in [-0.39, 0.29) is 0 Å². The molecule has 0 spiro atoms. The van der Waals surface area contributed by atoms with E-state index in [1.807, 2.05) is 31.4 Å². The minimum Gasteiger partial charge on any atom is -0.437 e. The number of hydrogen-bond donors (Lipinski definition) is 1. The number of nitrogens with one attached hydrogen (secondary N) is 1. The number of ether oxygens (including phenoxy) is 1. The Labute approximate surface area is 121 Å². The number of benzene rings is 1. The van der Waals surface area contributed by atoms with Crippen LogP contribution in [0.3, 0.4) is 0 Å². The first-order valence-corrected chi connectivity index (χ1v) is 7.27. The van der Waals surface area contributed by atoms with Crippen LogP contribution in [0.15, 0.2) is 29.4 Å². The summed E-state index contributed by atoms with van der Waals surface area (Å²) in [6.07, 6.45) is 1.91. The molecule has 0 amide bonds. The average Bonchev–Trinajstić information content (AvgIpc) is 2.41. The van der Waals surface area contributed by atoms with Crippen LogP contribution in [0, 0.1) is 6.92 Å². The summed E-state index contributed by atoms with van der Waals surface area (Å²) in [6.45, 7) is 1.98. The lowest BCUT2D eigenvalue weighted by Gasteiger charge is -2.09. The molecule has 0 saturated heterocycles. The molecule has 0 aliphatic rings. The van der Waals surface area contributed by atoms with Crippen molar-refractivity contribution in [2.45, 2.75) is 12.1 Å². The fourth-order valence-corrected chi connectivity index (χ4v) is 2.12. The number of anilines is 1. The predicted molar refractivity (Wildman–Crippen MR) is 79.6 cm³/mol. The van der Waals surface area contributed by atoms with Gasteiger partial charge in [-0.05, 0) is 30.9 Å². The van der Waals surface area contributed by atoms with Crippen LogP contribution >= 0.6 is 23.4 Å². The largest absolute Gasteiger partial charge is 0.437 e. The summed E-state index contributed by atoms with van der Waals surface area (Å²) in [7, 11) is 1.80. The van der Waals surface area contributed by atoms with Crippen LogP contribution in [0.5, 0.6) is 11.6 Å². The monoisotopic (exact) mass is 295 g/mol. The maximum Gasteiger partial charge on any atom is 0.225 e. The van der Waals surface area contributed by atoms with Crippen molar-refractivity contribution in [2.24, 2.45) is 0 Å². The molecule has 6 heteroatoms. The smallest absolute Gasteiger partial charge is 0.225 e. The minimum atomic E-state index is 0.467. The molecule has 0 aliphatic carbocycles. The van der Waals surface area contributed by atoms with Crippen molar-refractivity contribution in [3.05, 3.63) is 34.9 Å². The zero-order chi connectivity index (χ0) is 13.8. The molecule has 0 unspecified atom stereocenters. The van der Waals surface area contributed by atoms with Gasteiger partial charge in [-0.15, -0.1) is 0 Å². The molecule has 1 aromatic carbocycles. The molecule has 19 heavy (non-hydrogen) atoms. The summed E-state index contributed by atoms with van der Waals surface area (Å²) in [5.41, 5.74) is 1.08. The van der Waals surface area contributed by atoms with Gasteiger partial charge in [0.15, 0.2) is 5.16 Å². The summed E-state index contributed by atoms with van der Waals surface area (Å²) in [6, 6.07) is 7.36. The summed E-state index contributed by atoms with van der Waals surface area (Å²) in [4.78, 5) is 8.57. The molecule has 0 aliphatic heterocycles. The molecule has 2 rings (SSSR count). The fourth-order valence-electron chi connectivity index (χ4n) is 1.48. The lowest BCUT2D eigenvalue weighted by molar-refractivity contribution is 0.456. The van der Waals surface area contributed by atoms with Crippen LogP contribution in [-0.4, -0.2) is 23.3 Å². The Bertz CT molecular complexity index is 570. The zero-order valence-corrected chi connectivity index (χ0v) is 12.5. The molecule has 2 aromatic rings. The van der Waals surface area contributed by atoms with E-state index in [9.17, 15) is 0 Å². The van der Waals surface area contributed by atoms with Gasteiger partial charge in [0, 0.05) is 13.1 Å². The molecule has 1 heterocycles. The number of halogens is 1. The standard InChI is InChI=1S/C13H14ClN3OS/c1-8-4-5-10(9(14)6-8)18-12-7-11(15-2)16-13(17-12)19-3/h4-7H,1-3H3,(H,15,16,17). The molecule has 0 atom stereocenters. The molecule has 1 aromatic heterocycles. The van der Waals surface area contributed by atoms with E-state index in [2.05, 4.69) is 15.3 Å². The number of rotatable bonds is 4. The maximum atomic E-state index is 6.14. The average molecular weight is 296 g/mol. The first-order valence-electron chi connectivity index (χ1n) is 5.67. The van der Waals surface area contributed by atoms with Gasteiger partial charge in [-0.3, -0.25) is 0 Å². The van der Waals surface area contributed by atoms with Crippen LogP contribution in [0.1, 0.15) is 5.56 Å². The van der Waals surface area contributed by atoms with Crippen molar-refractivity contribution < 1.29 is 4.74 Å². The van der Waals surface area contributed by atoms with Gasteiger partial charge in [-0.25, -0.2) is 4.98 Å². The Morgan fingerprint density at radius 1 is 1.26 bits per heavy atom. The first-order chi connectivity index (χ1) is 9.12. The normalized spacial score (nSPS) is 10.3. The molecular weight excluding hydrogens is 282 g/mol. The number of hydrogen-bond acceptors (Lipinski definition) is 5. The fraction of sp³-hybridized carbons (Fsp3) is 0.231. The Balaban J connectivity index is 2.31.